The first-order chi connectivity index (χ1) is 3.93. The normalized spacial score (nSPS) is 9.62. The van der Waals surface area contributed by atoms with Crippen LogP contribution < -0.4 is 0 Å². The number of aromatic nitrogens is 1. The van der Waals surface area contributed by atoms with E-state index in [2.05, 4.69) is 5.16 Å². The first-order valence-electron chi connectivity index (χ1n) is 2.05. The molecule has 0 aliphatic heterocycles. The van der Waals surface area contributed by atoms with E-state index in [-0.39, 0.29) is 0 Å². The zero-order valence-corrected chi connectivity index (χ0v) is 5.96. The summed E-state index contributed by atoms with van der Waals surface area (Å²) >= 11 is 0. The molecule has 0 N–H and O–H groups in total. The molecule has 0 fully saturated rings. The number of hydrogen-bond donors (Lipinski definition) is 0. The van der Waals surface area contributed by atoms with Gasteiger partial charge in [0.05, 0.1) is 6.20 Å². The van der Waals surface area contributed by atoms with Gasteiger partial charge in [0.2, 0.25) is 5.09 Å². The van der Waals surface area contributed by atoms with E-state index in [0.717, 1.165) is 5.09 Å². The Morgan fingerprint density at radius 1 is 1.75 bits per heavy atom. The molecule has 1 aromatic rings. The average molecular weight is 147 g/mol. The van der Waals surface area contributed by atoms with Crippen LogP contribution in [0.15, 0.2) is 21.9 Å². The summed E-state index contributed by atoms with van der Waals surface area (Å²) in [5.74, 6) is 0. The van der Waals surface area contributed by atoms with Crippen LogP contribution in [0.25, 0.3) is 0 Å². The minimum atomic E-state index is 0.859. The summed E-state index contributed by atoms with van der Waals surface area (Å²) in [6.45, 7) is 0. The second-order valence-electron chi connectivity index (χ2n) is 1.08. The third kappa shape index (κ3) is 1.45. The largest absolute Gasteiger partial charge is 0.349 e. The van der Waals surface area contributed by atoms with E-state index >= 15 is 0 Å². The maximum absolute atomic E-state index is 4.77. The highest BCUT2D eigenvalue weighted by molar-refractivity contribution is 8.76. The highest BCUT2D eigenvalue weighted by atomic mass is 33.1. The molecule has 1 heterocycles. The summed E-state index contributed by atoms with van der Waals surface area (Å²) < 4.78 is 4.77. The van der Waals surface area contributed by atoms with Crippen molar-refractivity contribution < 1.29 is 4.52 Å². The molecule has 0 unspecified atom stereocenters. The van der Waals surface area contributed by atoms with Crippen LogP contribution in [0, 0.1) is 0 Å². The van der Waals surface area contributed by atoms with E-state index in [1.165, 1.54) is 0 Å². The van der Waals surface area contributed by atoms with Gasteiger partial charge in [0.1, 0.15) is 0 Å². The van der Waals surface area contributed by atoms with Gasteiger partial charge in [0.15, 0.2) is 0 Å². The molecule has 0 spiro atoms. The van der Waals surface area contributed by atoms with Gasteiger partial charge in [-0.25, -0.2) is 0 Å². The Labute approximate surface area is 55.4 Å². The predicted molar refractivity (Wildman–Crippen MR) is 35.9 cm³/mol. The standard InChI is InChI=1S/C4H5NOS2/c1-7-8-4-2-3-5-6-4/h2-3H,1H3. The molecular formula is C4H5NOS2. The summed E-state index contributed by atoms with van der Waals surface area (Å²) in [5, 5.41) is 4.39. The zero-order valence-electron chi connectivity index (χ0n) is 4.33. The molecule has 0 atom stereocenters. The molecule has 0 amide bonds. The van der Waals surface area contributed by atoms with Crippen LogP contribution in [-0.2, 0) is 0 Å². The van der Waals surface area contributed by atoms with E-state index in [0.29, 0.717) is 0 Å². The van der Waals surface area contributed by atoms with Crippen molar-refractivity contribution in [1.82, 2.24) is 5.16 Å². The fraction of sp³-hybridized carbons (Fsp3) is 0.250. The third-order valence-corrected chi connectivity index (χ3v) is 2.11. The smallest absolute Gasteiger partial charge is 0.203 e. The van der Waals surface area contributed by atoms with Crippen molar-refractivity contribution in [2.45, 2.75) is 5.09 Å². The van der Waals surface area contributed by atoms with Crippen LogP contribution in [0.5, 0.6) is 0 Å². The molecule has 1 rings (SSSR count). The fourth-order valence-corrected chi connectivity index (χ4v) is 1.43. The van der Waals surface area contributed by atoms with Crippen LogP contribution in [0.3, 0.4) is 0 Å². The minimum Gasteiger partial charge on any atom is -0.349 e. The van der Waals surface area contributed by atoms with E-state index < -0.39 is 0 Å². The van der Waals surface area contributed by atoms with Crippen LogP contribution >= 0.6 is 21.6 Å². The lowest BCUT2D eigenvalue weighted by molar-refractivity contribution is 0.350. The predicted octanol–water partition coefficient (Wildman–Crippen LogP) is 2.04. The molecular weight excluding hydrogens is 142 g/mol. The highest BCUT2D eigenvalue weighted by Gasteiger charge is 1.92. The molecule has 0 aliphatic rings. The summed E-state index contributed by atoms with van der Waals surface area (Å²) in [6, 6.07) is 1.83. The van der Waals surface area contributed by atoms with Crippen molar-refractivity contribution in [3.8, 4) is 0 Å². The second-order valence-corrected chi connectivity index (χ2v) is 3.48. The molecule has 4 heteroatoms. The van der Waals surface area contributed by atoms with Gasteiger partial charge in [-0.05, 0) is 17.0 Å². The summed E-state index contributed by atoms with van der Waals surface area (Å²) in [6.07, 6.45) is 3.63. The topological polar surface area (TPSA) is 26.0 Å². The molecule has 0 aliphatic carbocycles. The lowest BCUT2D eigenvalue weighted by Gasteiger charge is -1.82. The first kappa shape index (κ1) is 6.04. The van der Waals surface area contributed by atoms with Crippen LogP contribution in [-0.4, -0.2) is 11.4 Å². The molecule has 0 aromatic carbocycles. The molecule has 0 bridgehead atoms. The molecule has 44 valence electrons. The first-order valence-corrected chi connectivity index (χ1v) is 4.60. The lowest BCUT2D eigenvalue weighted by atomic mass is 10.8. The van der Waals surface area contributed by atoms with Gasteiger partial charge in [-0.15, -0.1) is 0 Å². The Hall–Kier alpha value is -0.0900. The van der Waals surface area contributed by atoms with Crippen molar-refractivity contribution in [2.75, 3.05) is 6.26 Å². The van der Waals surface area contributed by atoms with E-state index in [4.69, 9.17) is 4.52 Å². The average Bonchev–Trinajstić information content (AvgIpc) is 2.19. The molecule has 8 heavy (non-hydrogen) atoms. The van der Waals surface area contributed by atoms with E-state index in [1.54, 1.807) is 27.8 Å². The van der Waals surface area contributed by atoms with Crippen LogP contribution in [0.1, 0.15) is 0 Å². The van der Waals surface area contributed by atoms with Crippen molar-refractivity contribution in [3.05, 3.63) is 12.3 Å². The number of nitrogens with zero attached hydrogens (tertiary/aromatic N) is 1. The molecule has 0 saturated heterocycles. The monoisotopic (exact) mass is 147 g/mol. The van der Waals surface area contributed by atoms with Gasteiger partial charge < -0.3 is 4.52 Å². The Bertz CT molecular complexity index is 140. The molecule has 1 aromatic heterocycles. The Kier molecular flexibility index (Phi) is 2.29. The van der Waals surface area contributed by atoms with Crippen LogP contribution in [0.4, 0.5) is 0 Å². The second kappa shape index (κ2) is 3.04. The third-order valence-electron chi connectivity index (χ3n) is 0.580. The fourth-order valence-electron chi connectivity index (χ4n) is 0.329. The summed E-state index contributed by atoms with van der Waals surface area (Å²) in [7, 11) is 3.21. The Morgan fingerprint density at radius 2 is 2.62 bits per heavy atom. The van der Waals surface area contributed by atoms with Gasteiger partial charge >= 0.3 is 0 Å². The van der Waals surface area contributed by atoms with Crippen molar-refractivity contribution in [2.24, 2.45) is 0 Å². The van der Waals surface area contributed by atoms with Crippen molar-refractivity contribution in [1.29, 1.82) is 0 Å². The lowest BCUT2D eigenvalue weighted by Crippen LogP contribution is -1.51. The van der Waals surface area contributed by atoms with E-state index in [9.17, 15) is 0 Å². The van der Waals surface area contributed by atoms with Crippen molar-refractivity contribution >= 4 is 21.6 Å². The Balaban J connectivity index is 2.50. The van der Waals surface area contributed by atoms with Gasteiger partial charge in [-0.2, -0.15) is 0 Å². The molecule has 0 saturated carbocycles. The Morgan fingerprint density at radius 3 is 3.12 bits per heavy atom. The van der Waals surface area contributed by atoms with Crippen LogP contribution in [0.2, 0.25) is 0 Å². The highest BCUT2D eigenvalue weighted by Crippen LogP contribution is 2.27. The number of hydrogen-bond acceptors (Lipinski definition) is 4. The maximum atomic E-state index is 4.77. The number of rotatable bonds is 2. The zero-order chi connectivity index (χ0) is 5.82. The van der Waals surface area contributed by atoms with Crippen molar-refractivity contribution in [3.63, 3.8) is 0 Å². The molecule has 2 nitrogen and oxygen atoms in total. The van der Waals surface area contributed by atoms with Gasteiger partial charge in [0.25, 0.3) is 0 Å². The minimum absolute atomic E-state index is 0.859. The van der Waals surface area contributed by atoms with Gasteiger partial charge in [-0.1, -0.05) is 16.0 Å². The maximum Gasteiger partial charge on any atom is 0.203 e. The summed E-state index contributed by atoms with van der Waals surface area (Å²) in [4.78, 5) is 0. The van der Waals surface area contributed by atoms with Gasteiger partial charge in [0, 0.05) is 6.07 Å². The van der Waals surface area contributed by atoms with Gasteiger partial charge in [-0.3, -0.25) is 0 Å². The molecule has 0 radical (unpaired) electrons. The summed E-state index contributed by atoms with van der Waals surface area (Å²) in [5.41, 5.74) is 0. The SMILES string of the molecule is CSSc1ccno1. The quantitative estimate of drug-likeness (QED) is 0.598. The van der Waals surface area contributed by atoms with E-state index in [1.807, 2.05) is 12.3 Å².